The Morgan fingerprint density at radius 3 is 2.79 bits per heavy atom. The zero-order valence-corrected chi connectivity index (χ0v) is 12.8. The molecule has 4 nitrogen and oxygen atoms in total. The normalized spacial score (nSPS) is 11.5. The Morgan fingerprint density at radius 2 is 2.26 bits per heavy atom. The molecule has 0 aliphatic heterocycles. The summed E-state index contributed by atoms with van der Waals surface area (Å²) >= 11 is 2.93. The van der Waals surface area contributed by atoms with Crippen molar-refractivity contribution in [3.05, 3.63) is 33.0 Å². The minimum atomic E-state index is -0.101. The molecule has 2 aromatic rings. The third-order valence-electron chi connectivity index (χ3n) is 2.90. The molecule has 19 heavy (non-hydrogen) atoms. The smallest absolute Gasteiger partial charge is 0.263 e. The van der Waals surface area contributed by atoms with Gasteiger partial charge in [0.1, 0.15) is 4.88 Å². The van der Waals surface area contributed by atoms with Gasteiger partial charge in [0.2, 0.25) is 0 Å². The Kier molecular flexibility index (Phi) is 3.91. The Bertz CT molecular complexity index is 573. The molecule has 0 saturated carbocycles. The SMILES string of the molecule is Cc1nc(N)sc1C(=O)NCC(C)(C)c1cccs1. The lowest BCUT2D eigenvalue weighted by molar-refractivity contribution is 0.0949. The first-order valence-corrected chi connectivity index (χ1v) is 7.65. The van der Waals surface area contributed by atoms with Gasteiger partial charge in [0, 0.05) is 16.8 Å². The van der Waals surface area contributed by atoms with E-state index >= 15 is 0 Å². The fourth-order valence-corrected chi connectivity index (χ4v) is 3.36. The highest BCUT2D eigenvalue weighted by Crippen LogP contribution is 2.27. The molecule has 0 fully saturated rings. The summed E-state index contributed by atoms with van der Waals surface area (Å²) in [6, 6.07) is 4.12. The highest BCUT2D eigenvalue weighted by atomic mass is 32.1. The number of carbonyl (C=O) groups is 1. The molecular formula is C13H17N3OS2. The average Bonchev–Trinajstić information content (AvgIpc) is 2.96. The summed E-state index contributed by atoms with van der Waals surface area (Å²) in [6.45, 7) is 6.62. The predicted octanol–water partition coefficient (Wildman–Crippen LogP) is 2.80. The Balaban J connectivity index is 2.03. The molecule has 102 valence electrons. The fourth-order valence-electron chi connectivity index (χ4n) is 1.76. The van der Waals surface area contributed by atoms with Gasteiger partial charge in [0.05, 0.1) is 5.69 Å². The molecule has 3 N–H and O–H groups in total. The zero-order chi connectivity index (χ0) is 14.0. The first-order chi connectivity index (χ1) is 8.90. The molecular weight excluding hydrogens is 278 g/mol. The van der Waals surface area contributed by atoms with E-state index in [0.29, 0.717) is 22.2 Å². The number of anilines is 1. The number of hydrogen-bond acceptors (Lipinski definition) is 5. The minimum Gasteiger partial charge on any atom is -0.375 e. The van der Waals surface area contributed by atoms with Crippen LogP contribution in [0.3, 0.4) is 0 Å². The second kappa shape index (κ2) is 5.30. The number of nitrogens with two attached hydrogens (primary N) is 1. The van der Waals surface area contributed by atoms with Gasteiger partial charge >= 0.3 is 0 Å². The molecule has 2 rings (SSSR count). The van der Waals surface area contributed by atoms with Crippen LogP contribution in [0.25, 0.3) is 0 Å². The number of aromatic nitrogens is 1. The first-order valence-electron chi connectivity index (χ1n) is 5.95. The molecule has 0 aromatic carbocycles. The van der Waals surface area contributed by atoms with Crippen LogP contribution >= 0.6 is 22.7 Å². The van der Waals surface area contributed by atoms with Crippen LogP contribution in [0, 0.1) is 6.92 Å². The van der Waals surface area contributed by atoms with Crippen LogP contribution in [-0.4, -0.2) is 17.4 Å². The van der Waals surface area contributed by atoms with Crippen LogP contribution in [0.5, 0.6) is 0 Å². The van der Waals surface area contributed by atoms with Gasteiger partial charge in [0.15, 0.2) is 5.13 Å². The monoisotopic (exact) mass is 295 g/mol. The molecule has 0 spiro atoms. The van der Waals surface area contributed by atoms with E-state index in [-0.39, 0.29) is 11.3 Å². The van der Waals surface area contributed by atoms with Crippen molar-refractivity contribution in [3.63, 3.8) is 0 Å². The Hall–Kier alpha value is -1.40. The lowest BCUT2D eigenvalue weighted by Gasteiger charge is -2.23. The van der Waals surface area contributed by atoms with Crippen molar-refractivity contribution in [2.75, 3.05) is 12.3 Å². The largest absolute Gasteiger partial charge is 0.375 e. The van der Waals surface area contributed by atoms with Crippen molar-refractivity contribution < 1.29 is 4.79 Å². The molecule has 2 heterocycles. The number of nitrogens with one attached hydrogen (secondary N) is 1. The molecule has 0 unspecified atom stereocenters. The topological polar surface area (TPSA) is 68.0 Å². The van der Waals surface area contributed by atoms with Gasteiger partial charge < -0.3 is 11.1 Å². The maximum atomic E-state index is 12.1. The van der Waals surface area contributed by atoms with Crippen LogP contribution in [0.1, 0.15) is 34.1 Å². The third-order valence-corrected chi connectivity index (χ3v) is 5.12. The zero-order valence-electron chi connectivity index (χ0n) is 11.2. The van der Waals surface area contributed by atoms with E-state index in [9.17, 15) is 4.79 Å². The molecule has 0 atom stereocenters. The maximum absolute atomic E-state index is 12.1. The van der Waals surface area contributed by atoms with Crippen LogP contribution < -0.4 is 11.1 Å². The lowest BCUT2D eigenvalue weighted by Crippen LogP contribution is -2.36. The molecule has 0 bridgehead atoms. The predicted molar refractivity (Wildman–Crippen MR) is 80.9 cm³/mol. The van der Waals surface area contributed by atoms with Crippen molar-refractivity contribution in [3.8, 4) is 0 Å². The van der Waals surface area contributed by atoms with E-state index in [4.69, 9.17) is 5.73 Å². The minimum absolute atomic E-state index is 0.0754. The number of carbonyl (C=O) groups excluding carboxylic acids is 1. The highest BCUT2D eigenvalue weighted by molar-refractivity contribution is 7.17. The summed E-state index contributed by atoms with van der Waals surface area (Å²) in [5.74, 6) is -0.101. The number of aryl methyl sites for hydroxylation is 1. The summed E-state index contributed by atoms with van der Waals surface area (Å²) in [5.41, 5.74) is 6.22. The third kappa shape index (κ3) is 3.13. The summed E-state index contributed by atoms with van der Waals surface area (Å²) in [6.07, 6.45) is 0. The van der Waals surface area contributed by atoms with E-state index in [0.717, 1.165) is 0 Å². The fraction of sp³-hybridized carbons (Fsp3) is 0.385. The van der Waals surface area contributed by atoms with Gasteiger partial charge in [-0.05, 0) is 18.4 Å². The molecule has 0 aliphatic rings. The van der Waals surface area contributed by atoms with Gasteiger partial charge in [-0.2, -0.15) is 0 Å². The second-order valence-electron chi connectivity index (χ2n) is 5.01. The molecule has 1 amide bonds. The van der Waals surface area contributed by atoms with Crippen LogP contribution in [0.2, 0.25) is 0 Å². The van der Waals surface area contributed by atoms with E-state index < -0.39 is 0 Å². The summed E-state index contributed by atoms with van der Waals surface area (Å²) in [5, 5.41) is 5.44. The van der Waals surface area contributed by atoms with Crippen LogP contribution in [0.15, 0.2) is 17.5 Å². The lowest BCUT2D eigenvalue weighted by atomic mass is 9.91. The number of hydrogen-bond donors (Lipinski definition) is 2. The van der Waals surface area contributed by atoms with Crippen LogP contribution in [0.4, 0.5) is 5.13 Å². The van der Waals surface area contributed by atoms with Crippen molar-refractivity contribution >= 4 is 33.7 Å². The molecule has 0 saturated heterocycles. The van der Waals surface area contributed by atoms with E-state index in [1.54, 1.807) is 18.3 Å². The van der Waals surface area contributed by atoms with E-state index in [1.165, 1.54) is 16.2 Å². The van der Waals surface area contributed by atoms with Crippen LogP contribution in [-0.2, 0) is 5.41 Å². The molecule has 6 heteroatoms. The molecule has 0 aliphatic carbocycles. The average molecular weight is 295 g/mol. The van der Waals surface area contributed by atoms with Gasteiger partial charge in [-0.1, -0.05) is 31.3 Å². The van der Waals surface area contributed by atoms with Crippen molar-refractivity contribution in [2.45, 2.75) is 26.2 Å². The van der Waals surface area contributed by atoms with Gasteiger partial charge in [-0.3, -0.25) is 4.79 Å². The van der Waals surface area contributed by atoms with Crippen molar-refractivity contribution in [1.82, 2.24) is 10.3 Å². The van der Waals surface area contributed by atoms with Gasteiger partial charge in [0.25, 0.3) is 5.91 Å². The number of amides is 1. The summed E-state index contributed by atoms with van der Waals surface area (Å²) in [4.78, 5) is 18.0. The first kappa shape index (κ1) is 14.0. The molecule has 2 aromatic heterocycles. The maximum Gasteiger partial charge on any atom is 0.263 e. The van der Waals surface area contributed by atoms with Gasteiger partial charge in [-0.15, -0.1) is 11.3 Å². The number of rotatable bonds is 4. The Morgan fingerprint density at radius 1 is 1.53 bits per heavy atom. The van der Waals surface area contributed by atoms with Gasteiger partial charge in [-0.25, -0.2) is 4.98 Å². The standard InChI is InChI=1S/C13H17N3OS2/c1-8-10(19-12(14)16-8)11(17)15-7-13(2,3)9-5-4-6-18-9/h4-6H,7H2,1-3H3,(H2,14,16)(H,15,17). The highest BCUT2D eigenvalue weighted by Gasteiger charge is 2.23. The molecule has 0 radical (unpaired) electrons. The number of thiazole rings is 1. The number of thiophene rings is 1. The number of nitrogens with zero attached hydrogens (tertiary/aromatic N) is 1. The quantitative estimate of drug-likeness (QED) is 0.911. The summed E-state index contributed by atoms with van der Waals surface area (Å²) in [7, 11) is 0. The van der Waals surface area contributed by atoms with Crippen molar-refractivity contribution in [1.29, 1.82) is 0 Å². The number of nitrogen functional groups attached to an aromatic ring is 1. The Labute approximate surface area is 120 Å². The summed E-state index contributed by atoms with van der Waals surface area (Å²) < 4.78 is 0. The second-order valence-corrected chi connectivity index (χ2v) is 6.99. The van der Waals surface area contributed by atoms with E-state index in [1.807, 2.05) is 11.4 Å². The van der Waals surface area contributed by atoms with E-state index in [2.05, 4.69) is 30.2 Å². The van der Waals surface area contributed by atoms with Crippen molar-refractivity contribution in [2.24, 2.45) is 0 Å².